The van der Waals surface area contributed by atoms with Crippen molar-refractivity contribution < 1.29 is 18.1 Å². The van der Waals surface area contributed by atoms with E-state index in [9.17, 15) is 13.6 Å². The number of hydrogen-bond acceptors (Lipinski definition) is 6. The molecular weight excluding hydrogens is 586 g/mol. The lowest BCUT2D eigenvalue weighted by molar-refractivity contribution is -0.0158. The number of likely N-dealkylation sites (tertiary alicyclic amines) is 1. The Morgan fingerprint density at radius 1 is 0.978 bits per heavy atom. The Bertz CT molecular complexity index is 1570. The number of piperidine rings is 1. The van der Waals surface area contributed by atoms with E-state index in [0.717, 1.165) is 87.7 Å². The van der Waals surface area contributed by atoms with Gasteiger partial charge < -0.3 is 14.3 Å². The number of fused-ring (bicyclic) bond motifs is 1. The Morgan fingerprint density at radius 3 is 2.24 bits per heavy atom. The number of aryl methyl sites for hydroxylation is 1. The fourth-order valence-corrected chi connectivity index (χ4v) is 5.99. The monoisotopic (exact) mass is 634 g/mol. The van der Waals surface area contributed by atoms with Gasteiger partial charge in [-0.25, -0.2) is 4.52 Å². The molecule has 5 rings (SSSR count). The second-order valence-electron chi connectivity index (χ2n) is 13.6. The largest absolute Gasteiger partial charge is 0.339 e. The van der Waals surface area contributed by atoms with Crippen LogP contribution in [-0.4, -0.2) is 68.2 Å². The zero-order chi connectivity index (χ0) is 32.8. The average molecular weight is 635 g/mol. The van der Waals surface area contributed by atoms with Crippen LogP contribution in [0.5, 0.6) is 0 Å². The van der Waals surface area contributed by atoms with Crippen LogP contribution in [0.15, 0.2) is 47.1 Å². The van der Waals surface area contributed by atoms with Crippen LogP contribution in [0, 0.1) is 11.8 Å². The van der Waals surface area contributed by atoms with E-state index < -0.39 is 11.8 Å². The highest BCUT2D eigenvalue weighted by Gasteiger charge is 2.32. The summed E-state index contributed by atoms with van der Waals surface area (Å²) >= 11 is 0. The van der Waals surface area contributed by atoms with E-state index in [1.54, 1.807) is 12.1 Å². The van der Waals surface area contributed by atoms with Crippen molar-refractivity contribution in [3.05, 3.63) is 59.6 Å². The van der Waals surface area contributed by atoms with E-state index in [0.29, 0.717) is 23.0 Å². The molecule has 0 spiro atoms. The van der Waals surface area contributed by atoms with E-state index in [1.165, 1.54) is 19.3 Å². The molecule has 1 fully saturated rings. The van der Waals surface area contributed by atoms with Gasteiger partial charge in [0.1, 0.15) is 0 Å². The Labute approximate surface area is 271 Å². The fraction of sp³-hybridized carbons (Fsp3) is 0.556. The molecule has 1 saturated heterocycles. The van der Waals surface area contributed by atoms with Gasteiger partial charge in [-0.05, 0) is 82.1 Å². The molecule has 8 nitrogen and oxygen atoms in total. The van der Waals surface area contributed by atoms with Gasteiger partial charge in [0.05, 0.1) is 11.2 Å². The SMILES string of the molecule is CC(C)CCN(CCC(C)C)C(=O)c1ccn2nc(-c3ccc(-c4noc(C(C)(F)F)n4)cc3)c(CCCN3CCCCC3)c2c1. The zero-order valence-corrected chi connectivity index (χ0v) is 27.9. The third-order valence-corrected chi connectivity index (χ3v) is 8.79. The first-order valence-electron chi connectivity index (χ1n) is 16.8. The predicted molar refractivity (Wildman–Crippen MR) is 177 cm³/mol. The summed E-state index contributed by atoms with van der Waals surface area (Å²) in [7, 11) is 0. The summed E-state index contributed by atoms with van der Waals surface area (Å²) in [5.74, 6) is -2.70. The van der Waals surface area contributed by atoms with Crippen LogP contribution in [0.3, 0.4) is 0 Å². The van der Waals surface area contributed by atoms with Crippen molar-refractivity contribution in [2.24, 2.45) is 11.8 Å². The highest BCUT2D eigenvalue weighted by Crippen LogP contribution is 2.31. The highest BCUT2D eigenvalue weighted by atomic mass is 19.3. The number of aromatic nitrogens is 4. The van der Waals surface area contributed by atoms with Crippen molar-refractivity contribution in [1.82, 2.24) is 29.6 Å². The molecule has 4 aromatic rings. The van der Waals surface area contributed by atoms with Crippen molar-refractivity contribution in [3.63, 3.8) is 0 Å². The lowest BCUT2D eigenvalue weighted by Crippen LogP contribution is -2.34. The maximum atomic E-state index is 13.9. The molecule has 4 heterocycles. The lowest BCUT2D eigenvalue weighted by atomic mass is 10.00. The Morgan fingerprint density at radius 2 is 1.63 bits per heavy atom. The van der Waals surface area contributed by atoms with Crippen LogP contribution in [0.4, 0.5) is 8.78 Å². The van der Waals surface area contributed by atoms with Crippen molar-refractivity contribution in [1.29, 1.82) is 0 Å². The number of alkyl halides is 2. The van der Waals surface area contributed by atoms with Crippen LogP contribution >= 0.6 is 0 Å². The maximum absolute atomic E-state index is 13.9. The average Bonchev–Trinajstić information content (AvgIpc) is 3.67. The molecular formula is C36H48F2N6O2. The molecule has 0 saturated carbocycles. The minimum absolute atomic E-state index is 0.0623. The summed E-state index contributed by atoms with van der Waals surface area (Å²) in [6.07, 6.45) is 9.43. The van der Waals surface area contributed by atoms with E-state index in [4.69, 9.17) is 9.62 Å². The molecule has 1 aliphatic heterocycles. The first-order chi connectivity index (χ1) is 22.0. The fourth-order valence-electron chi connectivity index (χ4n) is 5.99. The Kier molecular flexibility index (Phi) is 10.9. The van der Waals surface area contributed by atoms with Crippen LogP contribution in [-0.2, 0) is 12.3 Å². The molecule has 0 aliphatic carbocycles. The molecule has 1 aromatic carbocycles. The van der Waals surface area contributed by atoms with Gasteiger partial charge in [0.15, 0.2) is 0 Å². The molecule has 46 heavy (non-hydrogen) atoms. The minimum atomic E-state index is -3.20. The van der Waals surface area contributed by atoms with Crippen LogP contribution in [0.25, 0.3) is 28.2 Å². The van der Waals surface area contributed by atoms with E-state index in [1.807, 2.05) is 39.9 Å². The standard InChI is InChI=1S/C36H48F2N6O2/c1-25(2)15-21-43(22-16-26(3)4)34(45)29-17-23-44-31(24-29)30(10-9-20-42-18-7-6-8-19-42)32(40-44)27-11-13-28(14-12-27)33-39-35(46-41-33)36(5,37)38/h11-14,17,23-26H,6-10,15-16,18-22H2,1-5H3. The van der Waals surface area contributed by atoms with Gasteiger partial charge >= 0.3 is 5.92 Å². The minimum Gasteiger partial charge on any atom is -0.339 e. The normalized spacial score (nSPS) is 14.5. The maximum Gasteiger partial charge on any atom is 0.322 e. The summed E-state index contributed by atoms with van der Waals surface area (Å²) in [5.41, 5.74) is 5.04. The number of pyridine rings is 1. The third-order valence-electron chi connectivity index (χ3n) is 8.79. The van der Waals surface area contributed by atoms with Crippen molar-refractivity contribution in [2.75, 3.05) is 32.7 Å². The molecule has 0 unspecified atom stereocenters. The zero-order valence-electron chi connectivity index (χ0n) is 27.9. The van der Waals surface area contributed by atoms with E-state index in [2.05, 4.69) is 42.7 Å². The number of hydrogen-bond donors (Lipinski definition) is 0. The number of amides is 1. The number of rotatable bonds is 14. The quantitative estimate of drug-likeness (QED) is 0.139. The van der Waals surface area contributed by atoms with Gasteiger partial charge in [-0.15, -0.1) is 0 Å². The summed E-state index contributed by atoms with van der Waals surface area (Å²) in [4.78, 5) is 22.3. The van der Waals surface area contributed by atoms with Crippen LogP contribution in [0.2, 0.25) is 0 Å². The second-order valence-corrected chi connectivity index (χ2v) is 13.6. The molecule has 3 aromatic heterocycles. The molecule has 248 valence electrons. The lowest BCUT2D eigenvalue weighted by Gasteiger charge is -2.26. The van der Waals surface area contributed by atoms with Gasteiger partial charge in [-0.3, -0.25) is 4.79 Å². The van der Waals surface area contributed by atoms with Gasteiger partial charge in [-0.2, -0.15) is 18.9 Å². The van der Waals surface area contributed by atoms with Crippen molar-refractivity contribution >= 4 is 11.4 Å². The van der Waals surface area contributed by atoms with Gasteiger partial charge in [0.2, 0.25) is 5.82 Å². The van der Waals surface area contributed by atoms with Gasteiger partial charge in [0, 0.05) is 48.5 Å². The molecule has 0 atom stereocenters. The van der Waals surface area contributed by atoms with Crippen LogP contribution < -0.4 is 0 Å². The Balaban J connectivity index is 1.46. The topological polar surface area (TPSA) is 79.8 Å². The number of benzene rings is 1. The third kappa shape index (κ3) is 8.37. The highest BCUT2D eigenvalue weighted by molar-refractivity contribution is 5.95. The van der Waals surface area contributed by atoms with E-state index >= 15 is 0 Å². The number of nitrogens with zero attached hydrogens (tertiary/aromatic N) is 6. The van der Waals surface area contributed by atoms with Gasteiger partial charge in [-0.1, -0.05) is 63.5 Å². The van der Waals surface area contributed by atoms with Gasteiger partial charge in [0.25, 0.3) is 11.8 Å². The summed E-state index contributed by atoms with van der Waals surface area (Å²) in [6, 6.07) is 11.3. The molecule has 1 amide bonds. The van der Waals surface area contributed by atoms with Crippen molar-refractivity contribution in [2.45, 2.75) is 85.5 Å². The van der Waals surface area contributed by atoms with E-state index in [-0.39, 0.29) is 11.7 Å². The summed E-state index contributed by atoms with van der Waals surface area (Å²) in [5, 5.41) is 8.73. The first kappa shape index (κ1) is 33.7. The molecule has 1 aliphatic rings. The number of carbonyl (C=O) groups is 1. The Hall–Kier alpha value is -3.66. The summed E-state index contributed by atoms with van der Waals surface area (Å²) < 4.78 is 34.0. The molecule has 0 N–H and O–H groups in total. The molecule has 10 heteroatoms. The van der Waals surface area contributed by atoms with Crippen LogP contribution in [0.1, 0.15) is 95.0 Å². The number of halogens is 2. The number of carbonyl (C=O) groups excluding carboxylic acids is 1. The van der Waals surface area contributed by atoms with Crippen molar-refractivity contribution in [3.8, 4) is 22.6 Å². The predicted octanol–water partition coefficient (Wildman–Crippen LogP) is 8.12. The second kappa shape index (κ2) is 14.8. The molecule has 0 radical (unpaired) electrons. The smallest absolute Gasteiger partial charge is 0.322 e. The summed E-state index contributed by atoms with van der Waals surface area (Å²) in [6.45, 7) is 14.3. The molecule has 0 bridgehead atoms. The first-order valence-corrected chi connectivity index (χ1v) is 16.8.